The molecule has 0 spiro atoms. The van der Waals surface area contributed by atoms with E-state index in [1.54, 1.807) is 23.3 Å². The normalized spacial score (nSPS) is 11.8. The van der Waals surface area contributed by atoms with Crippen LogP contribution in [0.4, 0.5) is 0 Å². The highest BCUT2D eigenvalue weighted by Crippen LogP contribution is 2.13. The van der Waals surface area contributed by atoms with Crippen LogP contribution in [0, 0.1) is 0 Å². The summed E-state index contributed by atoms with van der Waals surface area (Å²) in [5, 5.41) is 3.45. The van der Waals surface area contributed by atoms with Gasteiger partial charge in [-0.05, 0) is 18.4 Å². The second-order valence-electron chi connectivity index (χ2n) is 3.52. The van der Waals surface area contributed by atoms with Crippen molar-refractivity contribution in [3.8, 4) is 0 Å². The van der Waals surface area contributed by atoms with Gasteiger partial charge in [-0.1, -0.05) is 18.0 Å². The van der Waals surface area contributed by atoms with E-state index in [0.717, 1.165) is 32.0 Å². The standard InChI is InChI=1S/C10H15N5O/c11-14-13-5-3-1-2-4-10(8-16)15-7-6-12-9-15/h6-10H,1-5H2. The number of unbranched alkanes of at least 4 members (excludes halogenated alkanes) is 2. The van der Waals surface area contributed by atoms with Gasteiger partial charge in [0.15, 0.2) is 0 Å². The summed E-state index contributed by atoms with van der Waals surface area (Å²) in [4.78, 5) is 17.4. The topological polar surface area (TPSA) is 83.7 Å². The zero-order chi connectivity index (χ0) is 11.6. The lowest BCUT2D eigenvalue weighted by Crippen LogP contribution is -2.08. The first-order valence-corrected chi connectivity index (χ1v) is 5.32. The number of imidazole rings is 1. The molecule has 1 rings (SSSR count). The third kappa shape index (κ3) is 4.14. The molecule has 86 valence electrons. The average Bonchev–Trinajstić information content (AvgIpc) is 2.82. The smallest absolute Gasteiger partial charge is 0.142 e. The van der Waals surface area contributed by atoms with Crippen molar-refractivity contribution < 1.29 is 4.79 Å². The Morgan fingerprint density at radius 1 is 1.50 bits per heavy atom. The highest BCUT2D eigenvalue weighted by molar-refractivity contribution is 5.55. The Morgan fingerprint density at radius 2 is 2.38 bits per heavy atom. The first kappa shape index (κ1) is 12.3. The Bertz CT molecular complexity index is 342. The molecule has 0 bridgehead atoms. The molecule has 0 aromatic carbocycles. The molecule has 6 nitrogen and oxygen atoms in total. The number of carbonyl (C=O) groups excluding carboxylic acids is 1. The van der Waals surface area contributed by atoms with Crippen LogP contribution in [-0.4, -0.2) is 22.4 Å². The largest absolute Gasteiger partial charge is 0.327 e. The van der Waals surface area contributed by atoms with E-state index in [1.165, 1.54) is 0 Å². The van der Waals surface area contributed by atoms with E-state index in [-0.39, 0.29) is 6.04 Å². The lowest BCUT2D eigenvalue weighted by molar-refractivity contribution is -0.110. The molecule has 6 heteroatoms. The lowest BCUT2D eigenvalue weighted by atomic mass is 10.1. The SMILES string of the molecule is [N-]=[N+]=NCCCCCC(C=O)n1ccnc1. The van der Waals surface area contributed by atoms with E-state index in [2.05, 4.69) is 15.0 Å². The van der Waals surface area contributed by atoms with Crippen LogP contribution < -0.4 is 0 Å². The summed E-state index contributed by atoms with van der Waals surface area (Å²) in [7, 11) is 0. The quantitative estimate of drug-likeness (QED) is 0.222. The predicted octanol–water partition coefficient (Wildman–Crippen LogP) is 2.49. The van der Waals surface area contributed by atoms with Gasteiger partial charge in [0.05, 0.1) is 12.4 Å². The van der Waals surface area contributed by atoms with Crippen molar-refractivity contribution in [2.75, 3.05) is 6.54 Å². The Labute approximate surface area is 93.9 Å². The maximum Gasteiger partial charge on any atom is 0.142 e. The maximum absolute atomic E-state index is 10.9. The number of carbonyl (C=O) groups is 1. The lowest BCUT2D eigenvalue weighted by Gasteiger charge is -2.10. The summed E-state index contributed by atoms with van der Waals surface area (Å²) in [5.41, 5.74) is 8.08. The molecule has 0 aliphatic rings. The minimum absolute atomic E-state index is 0.123. The molecule has 0 saturated carbocycles. The Kier molecular flexibility index (Phi) is 5.73. The number of hydrogen-bond donors (Lipinski definition) is 0. The summed E-state index contributed by atoms with van der Waals surface area (Å²) in [6, 6.07) is -0.123. The molecule has 1 aromatic heterocycles. The van der Waals surface area contributed by atoms with E-state index in [1.807, 2.05) is 0 Å². The molecule has 0 fully saturated rings. The Morgan fingerprint density at radius 3 is 3.00 bits per heavy atom. The van der Waals surface area contributed by atoms with Crippen LogP contribution >= 0.6 is 0 Å². The fraction of sp³-hybridized carbons (Fsp3) is 0.600. The van der Waals surface area contributed by atoms with E-state index in [0.29, 0.717) is 6.54 Å². The summed E-state index contributed by atoms with van der Waals surface area (Å²) in [6.07, 6.45) is 9.64. The molecule has 16 heavy (non-hydrogen) atoms. The Hall–Kier alpha value is -1.81. The molecule has 1 aromatic rings. The van der Waals surface area contributed by atoms with Gasteiger partial charge in [0, 0.05) is 23.9 Å². The highest BCUT2D eigenvalue weighted by atomic mass is 16.1. The summed E-state index contributed by atoms with van der Waals surface area (Å²) in [5.74, 6) is 0. The fourth-order valence-corrected chi connectivity index (χ4v) is 1.51. The molecule has 0 N–H and O–H groups in total. The second-order valence-corrected chi connectivity index (χ2v) is 3.52. The van der Waals surface area contributed by atoms with Crippen LogP contribution in [0.5, 0.6) is 0 Å². The van der Waals surface area contributed by atoms with Crippen LogP contribution in [0.2, 0.25) is 0 Å². The predicted molar refractivity (Wildman–Crippen MR) is 59.8 cm³/mol. The molecule has 1 unspecified atom stereocenters. The molecular weight excluding hydrogens is 206 g/mol. The van der Waals surface area contributed by atoms with Crippen LogP contribution in [0.1, 0.15) is 31.7 Å². The number of nitrogens with zero attached hydrogens (tertiary/aromatic N) is 5. The van der Waals surface area contributed by atoms with Gasteiger partial charge in [-0.25, -0.2) is 4.98 Å². The first-order valence-electron chi connectivity index (χ1n) is 5.32. The highest BCUT2D eigenvalue weighted by Gasteiger charge is 2.07. The van der Waals surface area contributed by atoms with Crippen molar-refractivity contribution in [1.29, 1.82) is 0 Å². The van der Waals surface area contributed by atoms with E-state index >= 15 is 0 Å². The monoisotopic (exact) mass is 221 g/mol. The van der Waals surface area contributed by atoms with Crippen molar-refractivity contribution in [2.24, 2.45) is 5.11 Å². The number of hydrogen-bond acceptors (Lipinski definition) is 3. The van der Waals surface area contributed by atoms with Crippen molar-refractivity contribution in [3.63, 3.8) is 0 Å². The van der Waals surface area contributed by atoms with Crippen LogP contribution in [0.3, 0.4) is 0 Å². The summed E-state index contributed by atoms with van der Waals surface area (Å²) in [6.45, 7) is 0.535. The van der Waals surface area contributed by atoms with Crippen LogP contribution in [0.25, 0.3) is 10.4 Å². The van der Waals surface area contributed by atoms with Crippen LogP contribution in [0.15, 0.2) is 23.8 Å². The molecule has 0 saturated heterocycles. The third-order valence-electron chi connectivity index (χ3n) is 2.39. The van der Waals surface area contributed by atoms with Gasteiger partial charge in [0.25, 0.3) is 0 Å². The molecule has 0 aliphatic carbocycles. The van der Waals surface area contributed by atoms with Crippen molar-refractivity contribution in [3.05, 3.63) is 29.2 Å². The molecular formula is C10H15N5O. The minimum Gasteiger partial charge on any atom is -0.327 e. The van der Waals surface area contributed by atoms with Gasteiger partial charge in [0.1, 0.15) is 6.29 Å². The van der Waals surface area contributed by atoms with Gasteiger partial charge < -0.3 is 9.36 Å². The number of aromatic nitrogens is 2. The van der Waals surface area contributed by atoms with Crippen LogP contribution in [-0.2, 0) is 4.79 Å². The second kappa shape index (κ2) is 7.48. The first-order chi connectivity index (χ1) is 7.88. The molecule has 0 aliphatic heterocycles. The van der Waals surface area contributed by atoms with Crippen molar-refractivity contribution in [2.45, 2.75) is 31.7 Å². The molecule has 1 heterocycles. The summed E-state index contributed by atoms with van der Waals surface area (Å²) < 4.78 is 1.81. The molecule has 0 amide bonds. The van der Waals surface area contributed by atoms with Gasteiger partial charge in [-0.15, -0.1) is 0 Å². The fourth-order valence-electron chi connectivity index (χ4n) is 1.51. The molecule has 0 radical (unpaired) electrons. The van der Waals surface area contributed by atoms with Crippen molar-refractivity contribution >= 4 is 6.29 Å². The zero-order valence-electron chi connectivity index (χ0n) is 9.07. The molecule has 1 atom stereocenters. The minimum atomic E-state index is -0.123. The number of rotatable bonds is 8. The van der Waals surface area contributed by atoms with E-state index < -0.39 is 0 Å². The van der Waals surface area contributed by atoms with Gasteiger partial charge in [0.2, 0.25) is 0 Å². The third-order valence-corrected chi connectivity index (χ3v) is 2.39. The zero-order valence-corrected chi connectivity index (χ0v) is 9.07. The van der Waals surface area contributed by atoms with Gasteiger partial charge in [-0.3, -0.25) is 0 Å². The van der Waals surface area contributed by atoms with E-state index in [4.69, 9.17) is 5.53 Å². The van der Waals surface area contributed by atoms with Crippen molar-refractivity contribution in [1.82, 2.24) is 9.55 Å². The average molecular weight is 221 g/mol. The van der Waals surface area contributed by atoms with Gasteiger partial charge in [-0.2, -0.15) is 0 Å². The Balaban J connectivity index is 2.20. The number of aldehydes is 1. The van der Waals surface area contributed by atoms with Gasteiger partial charge >= 0.3 is 0 Å². The number of azide groups is 1. The van der Waals surface area contributed by atoms with E-state index in [9.17, 15) is 4.79 Å². The maximum atomic E-state index is 10.9. The summed E-state index contributed by atoms with van der Waals surface area (Å²) >= 11 is 0.